The number of hydrogen-bond acceptors (Lipinski definition) is 1. The van der Waals surface area contributed by atoms with Gasteiger partial charge in [0.25, 0.3) is 0 Å². The lowest BCUT2D eigenvalue weighted by atomic mass is 10.1. The van der Waals surface area contributed by atoms with Crippen molar-refractivity contribution in [3.63, 3.8) is 0 Å². The first kappa shape index (κ1) is 10.1. The van der Waals surface area contributed by atoms with E-state index in [9.17, 15) is 4.79 Å². The molecule has 0 bridgehead atoms. The Labute approximate surface area is 102 Å². The van der Waals surface area contributed by atoms with Crippen molar-refractivity contribution in [1.29, 1.82) is 0 Å². The van der Waals surface area contributed by atoms with Crippen LogP contribution in [0.2, 0.25) is 0 Å². The van der Waals surface area contributed by atoms with Gasteiger partial charge in [0, 0.05) is 21.1 Å². The van der Waals surface area contributed by atoms with Gasteiger partial charge in [0.2, 0.25) is 0 Å². The van der Waals surface area contributed by atoms with Crippen LogP contribution >= 0.6 is 15.9 Å². The normalized spacial score (nSPS) is 14.4. The third kappa shape index (κ3) is 1.34. The Morgan fingerprint density at radius 2 is 2.12 bits per heavy atom. The monoisotopic (exact) mass is 277 g/mol. The zero-order chi connectivity index (χ0) is 11.3. The second-order valence-corrected chi connectivity index (χ2v) is 5.33. The quantitative estimate of drug-likeness (QED) is 0.789. The summed E-state index contributed by atoms with van der Waals surface area (Å²) in [5, 5.41) is 0.813. The Hall–Kier alpha value is -1.09. The minimum Gasteiger partial charge on any atom is -0.358 e. The number of aromatic nitrogens is 1. The van der Waals surface area contributed by atoms with E-state index in [1.807, 2.05) is 19.1 Å². The Balaban J connectivity index is 2.51. The molecule has 1 N–H and O–H groups in total. The fourth-order valence-corrected chi connectivity index (χ4v) is 3.11. The predicted molar refractivity (Wildman–Crippen MR) is 69.0 cm³/mol. The molecule has 0 aliphatic heterocycles. The van der Waals surface area contributed by atoms with Gasteiger partial charge in [0.1, 0.15) is 0 Å². The van der Waals surface area contributed by atoms with Crippen LogP contribution in [0.3, 0.4) is 0 Å². The smallest absolute Gasteiger partial charge is 0.192 e. The summed E-state index contributed by atoms with van der Waals surface area (Å²) in [5.41, 5.74) is 4.46. The maximum atomic E-state index is 12.3. The average Bonchev–Trinajstić information content (AvgIpc) is 2.68. The summed E-state index contributed by atoms with van der Waals surface area (Å²) in [4.78, 5) is 15.7. The summed E-state index contributed by atoms with van der Waals surface area (Å²) in [5.74, 6) is 0. The summed E-state index contributed by atoms with van der Waals surface area (Å²) < 4.78 is 0.973. The van der Waals surface area contributed by atoms with Gasteiger partial charge < -0.3 is 4.98 Å². The van der Waals surface area contributed by atoms with Crippen molar-refractivity contribution >= 4 is 26.8 Å². The SMILES string of the molecule is Cc1cc(Br)cc2c(=O)c3c([nH]c12)CCC3. The highest BCUT2D eigenvalue weighted by atomic mass is 79.9. The highest BCUT2D eigenvalue weighted by molar-refractivity contribution is 9.10. The molecule has 0 unspecified atom stereocenters. The molecular weight excluding hydrogens is 266 g/mol. The van der Waals surface area contributed by atoms with Crippen molar-refractivity contribution in [1.82, 2.24) is 4.98 Å². The van der Waals surface area contributed by atoms with Gasteiger partial charge in [0.05, 0.1) is 5.52 Å². The minimum absolute atomic E-state index is 0.214. The van der Waals surface area contributed by atoms with Crippen LogP contribution in [0.5, 0.6) is 0 Å². The third-order valence-electron chi connectivity index (χ3n) is 3.31. The van der Waals surface area contributed by atoms with Crippen molar-refractivity contribution in [2.45, 2.75) is 26.2 Å². The molecule has 0 radical (unpaired) electrons. The highest BCUT2D eigenvalue weighted by Crippen LogP contribution is 2.24. The molecule has 1 aliphatic carbocycles. The van der Waals surface area contributed by atoms with Gasteiger partial charge in [-0.3, -0.25) is 4.79 Å². The van der Waals surface area contributed by atoms with Gasteiger partial charge in [-0.25, -0.2) is 0 Å². The Morgan fingerprint density at radius 3 is 2.94 bits per heavy atom. The van der Waals surface area contributed by atoms with Gasteiger partial charge in [-0.2, -0.15) is 0 Å². The van der Waals surface area contributed by atoms with E-state index in [-0.39, 0.29) is 5.43 Å². The molecule has 1 heterocycles. The molecule has 1 aromatic carbocycles. The van der Waals surface area contributed by atoms with E-state index in [1.165, 1.54) is 0 Å². The Morgan fingerprint density at radius 1 is 1.31 bits per heavy atom. The van der Waals surface area contributed by atoms with Crippen LogP contribution < -0.4 is 5.43 Å². The molecule has 0 atom stereocenters. The van der Waals surface area contributed by atoms with Crippen molar-refractivity contribution in [2.75, 3.05) is 0 Å². The lowest BCUT2D eigenvalue weighted by molar-refractivity contribution is 0.900. The molecule has 0 fully saturated rings. The van der Waals surface area contributed by atoms with Gasteiger partial charge in [-0.05, 0) is 43.9 Å². The van der Waals surface area contributed by atoms with E-state index in [0.717, 1.165) is 51.5 Å². The van der Waals surface area contributed by atoms with E-state index in [4.69, 9.17) is 0 Å². The van der Waals surface area contributed by atoms with Gasteiger partial charge in [-0.15, -0.1) is 0 Å². The number of aryl methyl sites for hydroxylation is 2. The van der Waals surface area contributed by atoms with Gasteiger partial charge >= 0.3 is 0 Å². The number of pyridine rings is 1. The number of nitrogens with one attached hydrogen (secondary N) is 1. The Bertz CT molecular complexity index is 642. The molecule has 0 amide bonds. The van der Waals surface area contributed by atoms with Crippen molar-refractivity contribution in [3.05, 3.63) is 43.6 Å². The molecule has 0 saturated heterocycles. The van der Waals surface area contributed by atoms with E-state index in [1.54, 1.807) is 0 Å². The molecule has 1 aliphatic rings. The molecular formula is C13H12BrNO. The van der Waals surface area contributed by atoms with Crippen LogP contribution in [0, 0.1) is 6.92 Å². The van der Waals surface area contributed by atoms with Crippen LogP contribution in [0.1, 0.15) is 23.2 Å². The van der Waals surface area contributed by atoms with Crippen LogP contribution in [0.4, 0.5) is 0 Å². The third-order valence-corrected chi connectivity index (χ3v) is 3.77. The largest absolute Gasteiger partial charge is 0.358 e. The highest BCUT2D eigenvalue weighted by Gasteiger charge is 2.17. The van der Waals surface area contributed by atoms with E-state index < -0.39 is 0 Å². The summed E-state index contributed by atoms with van der Waals surface area (Å²) in [7, 11) is 0. The van der Waals surface area contributed by atoms with Crippen LogP contribution in [0.25, 0.3) is 10.9 Å². The summed E-state index contributed by atoms with van der Waals surface area (Å²) >= 11 is 3.45. The second kappa shape index (κ2) is 3.45. The van der Waals surface area contributed by atoms with Crippen molar-refractivity contribution in [2.24, 2.45) is 0 Å². The first-order valence-electron chi connectivity index (χ1n) is 5.50. The molecule has 2 aromatic rings. The lowest BCUT2D eigenvalue weighted by Crippen LogP contribution is -2.11. The van der Waals surface area contributed by atoms with Crippen LogP contribution in [-0.4, -0.2) is 4.98 Å². The first-order valence-corrected chi connectivity index (χ1v) is 6.30. The fourth-order valence-electron chi connectivity index (χ4n) is 2.53. The zero-order valence-electron chi connectivity index (χ0n) is 9.06. The zero-order valence-corrected chi connectivity index (χ0v) is 10.6. The maximum Gasteiger partial charge on any atom is 0.192 e. The predicted octanol–water partition coefficient (Wildman–Crippen LogP) is 3.09. The molecule has 16 heavy (non-hydrogen) atoms. The number of benzene rings is 1. The van der Waals surface area contributed by atoms with E-state index in [2.05, 4.69) is 20.9 Å². The van der Waals surface area contributed by atoms with Gasteiger partial charge in [0.15, 0.2) is 5.43 Å². The fraction of sp³-hybridized carbons (Fsp3) is 0.308. The number of aromatic amines is 1. The standard InChI is InChI=1S/C13H12BrNO/c1-7-5-8(14)6-10-12(7)15-11-4-2-3-9(11)13(10)16/h5-6H,2-4H2,1H3,(H,15,16). The molecule has 2 nitrogen and oxygen atoms in total. The molecule has 3 rings (SSSR count). The average molecular weight is 278 g/mol. The number of halogens is 1. The summed E-state index contributed by atoms with van der Waals surface area (Å²) in [6, 6.07) is 3.96. The number of H-pyrrole nitrogens is 1. The minimum atomic E-state index is 0.214. The molecule has 0 saturated carbocycles. The number of fused-ring (bicyclic) bond motifs is 2. The maximum absolute atomic E-state index is 12.3. The second-order valence-electron chi connectivity index (χ2n) is 4.41. The van der Waals surface area contributed by atoms with Gasteiger partial charge in [-0.1, -0.05) is 15.9 Å². The lowest BCUT2D eigenvalue weighted by Gasteiger charge is -2.07. The number of hydrogen-bond donors (Lipinski definition) is 1. The molecule has 3 heteroatoms. The molecule has 1 aromatic heterocycles. The Kier molecular flexibility index (Phi) is 2.18. The molecule has 0 spiro atoms. The number of rotatable bonds is 0. The van der Waals surface area contributed by atoms with Crippen molar-refractivity contribution in [3.8, 4) is 0 Å². The van der Waals surface area contributed by atoms with E-state index in [0.29, 0.717) is 0 Å². The summed E-state index contributed by atoms with van der Waals surface area (Å²) in [6.07, 6.45) is 3.03. The van der Waals surface area contributed by atoms with Crippen LogP contribution in [-0.2, 0) is 12.8 Å². The topological polar surface area (TPSA) is 32.9 Å². The van der Waals surface area contributed by atoms with Crippen LogP contribution in [0.15, 0.2) is 21.4 Å². The van der Waals surface area contributed by atoms with Crippen molar-refractivity contribution < 1.29 is 0 Å². The first-order chi connectivity index (χ1) is 7.66. The summed E-state index contributed by atoms with van der Waals surface area (Å²) in [6.45, 7) is 2.03. The molecule has 82 valence electrons. The van der Waals surface area contributed by atoms with E-state index >= 15 is 0 Å².